The van der Waals surface area contributed by atoms with Gasteiger partial charge >= 0.3 is 5.97 Å². The fourth-order valence-corrected chi connectivity index (χ4v) is 2.19. The predicted molar refractivity (Wildman–Crippen MR) is 101 cm³/mol. The van der Waals surface area contributed by atoms with Crippen LogP contribution in [-0.2, 0) is 25.7 Å². The van der Waals surface area contributed by atoms with E-state index in [1.807, 2.05) is 0 Å². The highest BCUT2D eigenvalue weighted by Gasteiger charge is 2.11. The van der Waals surface area contributed by atoms with E-state index in [1.54, 1.807) is 55.6 Å². The van der Waals surface area contributed by atoms with E-state index in [4.69, 9.17) is 25.8 Å². The molecule has 0 saturated carbocycles. The molecule has 8 nitrogen and oxygen atoms in total. The second-order valence-electron chi connectivity index (χ2n) is 5.55. The van der Waals surface area contributed by atoms with Gasteiger partial charge in [-0.05, 0) is 42.0 Å². The molecule has 0 heterocycles. The molecule has 2 amide bonds. The maximum atomic E-state index is 12.0. The lowest BCUT2D eigenvalue weighted by molar-refractivity contribution is -0.131. The molecule has 9 heteroatoms. The molecule has 0 bridgehead atoms. The fraction of sp³-hybridized carbons (Fsp3) is 0.211. The van der Waals surface area contributed by atoms with Gasteiger partial charge in [-0.25, -0.2) is 4.79 Å². The fourth-order valence-electron chi connectivity index (χ4n) is 2.06. The second kappa shape index (κ2) is 10.9. The lowest BCUT2D eigenvalue weighted by atomic mass is 10.1. The van der Waals surface area contributed by atoms with E-state index in [9.17, 15) is 14.4 Å². The molecule has 0 aromatic heterocycles. The van der Waals surface area contributed by atoms with Crippen molar-refractivity contribution in [3.05, 3.63) is 64.7 Å². The van der Waals surface area contributed by atoms with Gasteiger partial charge in [-0.1, -0.05) is 23.7 Å². The Morgan fingerprint density at radius 3 is 2.32 bits per heavy atom. The normalized spacial score (nSPS) is 10.1. The first kappa shape index (κ1) is 21.2. The van der Waals surface area contributed by atoms with E-state index in [1.165, 1.54) is 0 Å². The zero-order chi connectivity index (χ0) is 20.4. The highest BCUT2D eigenvalue weighted by Crippen LogP contribution is 2.15. The number of hydrazine groups is 1. The molecule has 2 aromatic carbocycles. The molecular formula is C19H19ClN2O6. The second-order valence-corrected chi connectivity index (χ2v) is 5.98. The van der Waals surface area contributed by atoms with Gasteiger partial charge in [0.25, 0.3) is 11.8 Å². The number of methoxy groups -OCH3 is 1. The van der Waals surface area contributed by atoms with E-state index in [0.29, 0.717) is 22.9 Å². The first-order valence-electron chi connectivity index (χ1n) is 8.19. The Labute approximate surface area is 166 Å². The number of nitrogens with one attached hydrogen (secondary N) is 2. The van der Waals surface area contributed by atoms with E-state index >= 15 is 0 Å². The van der Waals surface area contributed by atoms with Gasteiger partial charge in [0.1, 0.15) is 5.75 Å². The summed E-state index contributed by atoms with van der Waals surface area (Å²) in [6, 6.07) is 13.1. The largest absolute Gasteiger partial charge is 0.484 e. The van der Waals surface area contributed by atoms with E-state index in [2.05, 4.69) is 10.9 Å². The van der Waals surface area contributed by atoms with Crippen molar-refractivity contribution >= 4 is 29.4 Å². The van der Waals surface area contributed by atoms with Gasteiger partial charge in [-0.15, -0.1) is 0 Å². The smallest absolute Gasteiger partial charge is 0.338 e. The molecule has 148 valence electrons. The summed E-state index contributed by atoms with van der Waals surface area (Å²) in [6.45, 7) is -0.509. The number of carbonyl (C=O) groups is 3. The summed E-state index contributed by atoms with van der Waals surface area (Å²) in [6.07, 6.45) is 0. The Balaban J connectivity index is 1.69. The Morgan fingerprint density at radius 2 is 1.64 bits per heavy atom. The molecule has 0 unspecified atom stereocenters. The van der Waals surface area contributed by atoms with Crippen molar-refractivity contribution in [3.63, 3.8) is 0 Å². The molecule has 0 spiro atoms. The monoisotopic (exact) mass is 406 g/mol. The van der Waals surface area contributed by atoms with Gasteiger partial charge in [-0.3, -0.25) is 20.4 Å². The van der Waals surface area contributed by atoms with E-state index < -0.39 is 24.4 Å². The molecule has 2 rings (SSSR count). The molecule has 0 aliphatic heterocycles. The average Bonchev–Trinajstić information content (AvgIpc) is 2.70. The van der Waals surface area contributed by atoms with Crippen molar-refractivity contribution in [2.75, 3.05) is 20.3 Å². The van der Waals surface area contributed by atoms with Crippen molar-refractivity contribution in [3.8, 4) is 5.75 Å². The summed E-state index contributed by atoms with van der Waals surface area (Å²) in [7, 11) is 1.55. The van der Waals surface area contributed by atoms with Crippen LogP contribution in [-0.4, -0.2) is 38.1 Å². The minimum Gasteiger partial charge on any atom is -0.484 e. The Kier molecular flexibility index (Phi) is 8.26. The Morgan fingerprint density at radius 1 is 0.964 bits per heavy atom. The molecule has 2 N–H and O–H groups in total. The minimum atomic E-state index is -0.693. The maximum Gasteiger partial charge on any atom is 0.338 e. The predicted octanol–water partition coefficient (Wildman–Crippen LogP) is 1.87. The number of halogens is 1. The van der Waals surface area contributed by atoms with Crippen LogP contribution in [0.15, 0.2) is 48.5 Å². The summed E-state index contributed by atoms with van der Waals surface area (Å²) >= 11 is 5.75. The molecule has 0 aliphatic rings. The maximum absolute atomic E-state index is 12.0. The van der Waals surface area contributed by atoms with Gasteiger partial charge in [0, 0.05) is 12.1 Å². The molecule has 0 fully saturated rings. The van der Waals surface area contributed by atoms with Crippen molar-refractivity contribution in [2.24, 2.45) is 0 Å². The first-order chi connectivity index (χ1) is 13.5. The molecule has 0 radical (unpaired) electrons. The van der Waals surface area contributed by atoms with E-state index in [-0.39, 0.29) is 6.61 Å². The lowest BCUT2D eigenvalue weighted by Gasteiger charge is -2.09. The molecule has 0 saturated heterocycles. The number of ether oxygens (including phenoxy) is 3. The lowest BCUT2D eigenvalue weighted by Crippen LogP contribution is -2.45. The molecular weight excluding hydrogens is 388 g/mol. The van der Waals surface area contributed by atoms with Crippen LogP contribution in [0.2, 0.25) is 5.02 Å². The number of amides is 2. The van der Waals surface area contributed by atoms with Crippen LogP contribution in [0.1, 0.15) is 15.9 Å². The van der Waals surface area contributed by atoms with Crippen LogP contribution in [0.3, 0.4) is 0 Å². The Bertz CT molecular complexity index is 825. The number of carbonyl (C=O) groups excluding carboxylic acids is 3. The van der Waals surface area contributed by atoms with Crippen LogP contribution in [0.4, 0.5) is 0 Å². The average molecular weight is 407 g/mol. The molecule has 28 heavy (non-hydrogen) atoms. The van der Waals surface area contributed by atoms with Gasteiger partial charge < -0.3 is 14.2 Å². The van der Waals surface area contributed by atoms with Crippen molar-refractivity contribution in [1.29, 1.82) is 0 Å². The van der Waals surface area contributed by atoms with Gasteiger partial charge in [0.05, 0.1) is 12.2 Å². The number of hydrogen-bond donors (Lipinski definition) is 2. The Hall–Kier alpha value is -3.10. The van der Waals surface area contributed by atoms with Crippen molar-refractivity contribution in [1.82, 2.24) is 10.9 Å². The molecule has 2 aromatic rings. The highest BCUT2D eigenvalue weighted by atomic mass is 35.5. The van der Waals surface area contributed by atoms with Gasteiger partial charge in [0.15, 0.2) is 13.2 Å². The summed E-state index contributed by atoms with van der Waals surface area (Å²) in [5.41, 5.74) is 5.38. The standard InChI is InChI=1S/C19H19ClN2O6/c1-26-10-13-3-2-4-14(9-13)19(25)28-12-18(24)22-21-17(23)11-27-16-7-5-15(20)6-8-16/h2-9H,10-12H2,1H3,(H,21,23)(H,22,24). The van der Waals surface area contributed by atoms with Crippen molar-refractivity contribution in [2.45, 2.75) is 6.61 Å². The molecule has 0 aliphatic carbocycles. The van der Waals surface area contributed by atoms with Gasteiger partial charge in [-0.2, -0.15) is 0 Å². The van der Waals surface area contributed by atoms with E-state index in [0.717, 1.165) is 5.56 Å². The third-order valence-corrected chi connectivity index (χ3v) is 3.58. The zero-order valence-corrected chi connectivity index (χ0v) is 15.8. The quantitative estimate of drug-likeness (QED) is 0.512. The highest BCUT2D eigenvalue weighted by molar-refractivity contribution is 6.30. The number of rotatable bonds is 8. The van der Waals surface area contributed by atoms with Gasteiger partial charge in [0.2, 0.25) is 0 Å². The van der Waals surface area contributed by atoms with Crippen LogP contribution in [0, 0.1) is 0 Å². The van der Waals surface area contributed by atoms with Crippen LogP contribution >= 0.6 is 11.6 Å². The first-order valence-corrected chi connectivity index (χ1v) is 8.57. The zero-order valence-electron chi connectivity index (χ0n) is 15.1. The van der Waals surface area contributed by atoms with Crippen LogP contribution in [0.25, 0.3) is 0 Å². The van der Waals surface area contributed by atoms with Crippen molar-refractivity contribution < 1.29 is 28.6 Å². The SMILES string of the molecule is COCc1cccc(C(=O)OCC(=O)NNC(=O)COc2ccc(Cl)cc2)c1. The summed E-state index contributed by atoms with van der Waals surface area (Å²) in [5.74, 6) is -1.48. The summed E-state index contributed by atoms with van der Waals surface area (Å²) < 4.78 is 15.1. The molecule has 0 atom stereocenters. The number of hydrogen-bond acceptors (Lipinski definition) is 6. The third kappa shape index (κ3) is 7.26. The summed E-state index contributed by atoms with van der Waals surface area (Å²) in [5, 5.41) is 0.545. The topological polar surface area (TPSA) is 103 Å². The number of benzene rings is 2. The third-order valence-electron chi connectivity index (χ3n) is 3.33. The summed E-state index contributed by atoms with van der Waals surface area (Å²) in [4.78, 5) is 35.3. The van der Waals surface area contributed by atoms with Crippen LogP contribution < -0.4 is 15.6 Å². The minimum absolute atomic E-state index is 0.294. The number of esters is 1. The van der Waals surface area contributed by atoms with Crippen LogP contribution in [0.5, 0.6) is 5.75 Å².